The summed E-state index contributed by atoms with van der Waals surface area (Å²) in [6.45, 7) is 3.58. The second-order valence-electron chi connectivity index (χ2n) is 6.32. The summed E-state index contributed by atoms with van der Waals surface area (Å²) in [5, 5.41) is 13.0. The third-order valence-electron chi connectivity index (χ3n) is 4.58. The number of thioether (sulfide) groups is 1. The van der Waals surface area contributed by atoms with E-state index in [9.17, 15) is 4.39 Å². The van der Waals surface area contributed by atoms with Gasteiger partial charge in [-0.05, 0) is 49.9 Å². The molecule has 0 unspecified atom stereocenters. The zero-order valence-electron chi connectivity index (χ0n) is 14.2. The van der Waals surface area contributed by atoms with E-state index in [1.807, 2.05) is 11.8 Å². The maximum absolute atomic E-state index is 13.0. The Morgan fingerprint density at radius 1 is 1.17 bits per heavy atom. The van der Waals surface area contributed by atoms with Crippen LogP contribution in [0.3, 0.4) is 0 Å². The van der Waals surface area contributed by atoms with E-state index in [2.05, 4.69) is 27.0 Å². The molecule has 2 aromatic rings. The first-order valence-electron chi connectivity index (χ1n) is 8.80. The number of rotatable bonds is 7. The number of hydrogen-bond acceptors (Lipinski definition) is 4. The topological polar surface area (TPSA) is 42.7 Å². The van der Waals surface area contributed by atoms with Crippen LogP contribution < -0.4 is 5.32 Å². The first-order valence-corrected chi connectivity index (χ1v) is 9.79. The third kappa shape index (κ3) is 4.50. The second kappa shape index (κ2) is 8.51. The zero-order chi connectivity index (χ0) is 16.8. The number of benzene rings is 1. The summed E-state index contributed by atoms with van der Waals surface area (Å²) < 4.78 is 15.1. The molecule has 0 bridgehead atoms. The molecule has 4 nitrogen and oxygen atoms in total. The van der Waals surface area contributed by atoms with Crippen LogP contribution in [0.25, 0.3) is 0 Å². The van der Waals surface area contributed by atoms with Crippen molar-refractivity contribution in [1.29, 1.82) is 0 Å². The van der Waals surface area contributed by atoms with Crippen LogP contribution in [0.5, 0.6) is 0 Å². The van der Waals surface area contributed by atoms with Crippen LogP contribution >= 0.6 is 11.8 Å². The molecule has 0 spiro atoms. The van der Waals surface area contributed by atoms with Crippen LogP contribution in [-0.4, -0.2) is 20.5 Å². The first kappa shape index (κ1) is 17.3. The molecule has 24 heavy (non-hydrogen) atoms. The van der Waals surface area contributed by atoms with Gasteiger partial charge in [-0.3, -0.25) is 0 Å². The summed E-state index contributed by atoms with van der Waals surface area (Å²) in [6.07, 6.45) is 6.85. The molecule has 1 N–H and O–H groups in total. The molecule has 0 aliphatic heterocycles. The molecule has 130 valence electrons. The molecule has 1 aliphatic carbocycles. The number of hydrogen-bond donors (Lipinski definition) is 1. The molecule has 0 radical (unpaired) electrons. The minimum atomic E-state index is -0.223. The molecule has 1 aromatic carbocycles. The van der Waals surface area contributed by atoms with E-state index in [0.717, 1.165) is 34.9 Å². The average molecular weight is 348 g/mol. The highest BCUT2D eigenvalue weighted by molar-refractivity contribution is 7.99. The van der Waals surface area contributed by atoms with Gasteiger partial charge in [-0.1, -0.05) is 31.0 Å². The number of anilines is 1. The normalized spacial score (nSPS) is 15.6. The van der Waals surface area contributed by atoms with Crippen LogP contribution in [0, 0.1) is 11.7 Å². The Kier molecular flexibility index (Phi) is 6.12. The van der Waals surface area contributed by atoms with E-state index in [1.165, 1.54) is 44.2 Å². The Labute approximate surface area is 147 Å². The molecule has 1 aromatic heterocycles. The maximum Gasteiger partial charge on any atom is 0.191 e. The highest BCUT2D eigenvalue weighted by Gasteiger charge is 2.17. The van der Waals surface area contributed by atoms with E-state index in [-0.39, 0.29) is 5.82 Å². The monoisotopic (exact) mass is 348 g/mol. The van der Waals surface area contributed by atoms with Crippen molar-refractivity contribution in [2.24, 2.45) is 5.92 Å². The summed E-state index contributed by atoms with van der Waals surface area (Å²) in [4.78, 5) is 0. The zero-order valence-corrected chi connectivity index (χ0v) is 15.0. The van der Waals surface area contributed by atoms with Crippen molar-refractivity contribution in [3.05, 3.63) is 35.9 Å². The Morgan fingerprint density at radius 2 is 1.92 bits per heavy atom. The summed E-state index contributed by atoms with van der Waals surface area (Å²) in [7, 11) is 0. The van der Waals surface area contributed by atoms with Gasteiger partial charge in [-0.25, -0.2) is 4.39 Å². The lowest BCUT2D eigenvalue weighted by atomic mass is 9.91. The number of nitrogens with one attached hydrogen (secondary N) is 1. The van der Waals surface area contributed by atoms with Crippen LogP contribution in [-0.2, 0) is 13.1 Å². The lowest BCUT2D eigenvalue weighted by Crippen LogP contribution is -2.11. The van der Waals surface area contributed by atoms with E-state index in [4.69, 9.17) is 0 Å². The van der Waals surface area contributed by atoms with Gasteiger partial charge in [0.1, 0.15) is 5.82 Å². The van der Waals surface area contributed by atoms with Gasteiger partial charge in [0.15, 0.2) is 11.0 Å². The molecule has 1 saturated carbocycles. The Hall–Kier alpha value is -1.56. The number of nitrogens with zero attached hydrogens (tertiary/aromatic N) is 3. The van der Waals surface area contributed by atoms with Gasteiger partial charge in [-0.15, -0.1) is 10.2 Å². The number of aromatic nitrogens is 3. The van der Waals surface area contributed by atoms with Crippen molar-refractivity contribution < 1.29 is 4.39 Å². The van der Waals surface area contributed by atoms with Crippen LogP contribution in [0.1, 0.15) is 44.9 Å². The molecule has 6 heteroatoms. The lowest BCUT2D eigenvalue weighted by molar-refractivity contribution is 0.390. The summed E-state index contributed by atoms with van der Waals surface area (Å²) in [5.74, 6) is 2.67. The quantitative estimate of drug-likeness (QED) is 0.735. The van der Waals surface area contributed by atoms with Gasteiger partial charge >= 0.3 is 0 Å². The summed E-state index contributed by atoms with van der Waals surface area (Å²) in [5.41, 5.74) is 0.887. The first-order chi connectivity index (χ1) is 11.8. The molecule has 1 fully saturated rings. The van der Waals surface area contributed by atoms with Crippen molar-refractivity contribution in [3.8, 4) is 0 Å². The standard InChI is InChI=1S/C18H25FN4S/c1-2-23-17(12-20-16-10-8-15(19)9-11-16)21-22-18(23)24-13-14-6-4-3-5-7-14/h8-11,14,20H,2-7,12-13H2,1H3. The molecule has 0 saturated heterocycles. The van der Waals surface area contributed by atoms with Crippen LogP contribution in [0.2, 0.25) is 0 Å². The fourth-order valence-electron chi connectivity index (χ4n) is 3.17. The van der Waals surface area contributed by atoms with Crippen molar-refractivity contribution in [2.45, 2.75) is 57.3 Å². The van der Waals surface area contributed by atoms with E-state index in [1.54, 1.807) is 12.1 Å². The molecule has 1 heterocycles. The van der Waals surface area contributed by atoms with E-state index >= 15 is 0 Å². The fourth-order valence-corrected chi connectivity index (χ4v) is 4.38. The largest absolute Gasteiger partial charge is 0.378 e. The van der Waals surface area contributed by atoms with Crippen molar-refractivity contribution in [1.82, 2.24) is 14.8 Å². The number of halogens is 1. The van der Waals surface area contributed by atoms with Crippen LogP contribution in [0.15, 0.2) is 29.4 Å². The predicted molar refractivity (Wildman–Crippen MR) is 96.7 cm³/mol. The summed E-state index contributed by atoms with van der Waals surface area (Å²) in [6, 6.07) is 6.39. The van der Waals surface area contributed by atoms with Crippen molar-refractivity contribution in [3.63, 3.8) is 0 Å². The maximum atomic E-state index is 13.0. The third-order valence-corrected chi connectivity index (χ3v) is 5.78. The van der Waals surface area contributed by atoms with Gasteiger partial charge in [0.05, 0.1) is 6.54 Å². The SMILES string of the molecule is CCn1c(CNc2ccc(F)cc2)nnc1SCC1CCCCC1. The minimum Gasteiger partial charge on any atom is -0.378 e. The van der Waals surface area contributed by atoms with Crippen LogP contribution in [0.4, 0.5) is 10.1 Å². The smallest absolute Gasteiger partial charge is 0.191 e. The Balaban J connectivity index is 1.57. The molecule has 0 amide bonds. The highest BCUT2D eigenvalue weighted by atomic mass is 32.2. The lowest BCUT2D eigenvalue weighted by Gasteiger charge is -2.20. The Bertz CT molecular complexity index is 635. The molecule has 3 rings (SSSR count). The van der Waals surface area contributed by atoms with Gasteiger partial charge in [0, 0.05) is 18.0 Å². The summed E-state index contributed by atoms with van der Waals surface area (Å²) >= 11 is 1.83. The predicted octanol–water partition coefficient (Wildman–Crippen LogP) is 4.72. The van der Waals surface area contributed by atoms with Gasteiger partial charge in [0.25, 0.3) is 0 Å². The average Bonchev–Trinajstić information content (AvgIpc) is 3.02. The van der Waals surface area contributed by atoms with Gasteiger partial charge < -0.3 is 9.88 Å². The highest BCUT2D eigenvalue weighted by Crippen LogP contribution is 2.29. The Morgan fingerprint density at radius 3 is 2.62 bits per heavy atom. The minimum absolute atomic E-state index is 0.223. The van der Waals surface area contributed by atoms with E-state index in [0.29, 0.717) is 6.54 Å². The van der Waals surface area contributed by atoms with E-state index < -0.39 is 0 Å². The fraction of sp³-hybridized carbons (Fsp3) is 0.556. The van der Waals surface area contributed by atoms with Crippen molar-refractivity contribution in [2.75, 3.05) is 11.1 Å². The molecule has 1 aliphatic rings. The van der Waals surface area contributed by atoms with Gasteiger partial charge in [0.2, 0.25) is 0 Å². The van der Waals surface area contributed by atoms with Crippen molar-refractivity contribution >= 4 is 17.4 Å². The molecule has 0 atom stereocenters. The molecular weight excluding hydrogens is 323 g/mol. The molecular formula is C18H25FN4S. The second-order valence-corrected chi connectivity index (χ2v) is 7.31. The van der Waals surface area contributed by atoms with Gasteiger partial charge in [-0.2, -0.15) is 0 Å².